The maximum atomic E-state index is 13.6. The Hall–Kier alpha value is -4.48. The molecule has 0 aliphatic heterocycles. The van der Waals surface area contributed by atoms with E-state index in [0.29, 0.717) is 23.3 Å². The van der Waals surface area contributed by atoms with E-state index in [9.17, 15) is 4.79 Å². The van der Waals surface area contributed by atoms with Gasteiger partial charge in [-0.15, -0.1) is 0 Å². The number of para-hydroxylation sites is 2. The predicted molar refractivity (Wildman–Crippen MR) is 152 cm³/mol. The minimum atomic E-state index is -0.210. The van der Waals surface area contributed by atoms with Crippen molar-refractivity contribution in [3.63, 3.8) is 0 Å². The number of halogens is 1. The van der Waals surface area contributed by atoms with Crippen molar-refractivity contribution in [3.8, 4) is 11.4 Å². The van der Waals surface area contributed by atoms with E-state index in [1.165, 1.54) is 4.68 Å². The van der Waals surface area contributed by atoms with E-state index >= 15 is 0 Å². The summed E-state index contributed by atoms with van der Waals surface area (Å²) < 4.78 is 3.63. The van der Waals surface area contributed by atoms with Gasteiger partial charge in [-0.3, -0.25) is 4.79 Å². The fourth-order valence-electron chi connectivity index (χ4n) is 4.74. The van der Waals surface area contributed by atoms with Gasteiger partial charge >= 0.3 is 0 Å². The molecule has 5 nitrogen and oxygen atoms in total. The summed E-state index contributed by atoms with van der Waals surface area (Å²) in [5.74, 6) is 0.498. The highest BCUT2D eigenvalue weighted by molar-refractivity contribution is 6.31. The van der Waals surface area contributed by atoms with E-state index in [-0.39, 0.29) is 5.56 Å². The van der Waals surface area contributed by atoms with Gasteiger partial charge in [0.05, 0.1) is 17.1 Å². The number of fused-ring (bicyclic) bond motifs is 2. The van der Waals surface area contributed by atoms with E-state index < -0.39 is 0 Å². The molecule has 0 unspecified atom stereocenters. The average molecular weight is 503 g/mol. The molecule has 6 aromatic rings. The second-order valence-electron chi connectivity index (χ2n) is 8.87. The van der Waals surface area contributed by atoms with Crippen LogP contribution >= 0.6 is 11.6 Å². The minimum Gasteiger partial charge on any atom is -0.340 e. The first-order valence-corrected chi connectivity index (χ1v) is 12.4. The summed E-state index contributed by atoms with van der Waals surface area (Å²) >= 11 is 6.48. The molecule has 0 aliphatic carbocycles. The van der Waals surface area contributed by atoms with Crippen molar-refractivity contribution >= 4 is 39.6 Å². The Balaban J connectivity index is 1.53. The van der Waals surface area contributed by atoms with E-state index in [1.54, 1.807) is 12.3 Å². The number of rotatable bonds is 5. The van der Waals surface area contributed by atoms with Crippen molar-refractivity contribution in [2.24, 2.45) is 5.10 Å². The van der Waals surface area contributed by atoms with Crippen LogP contribution in [0.5, 0.6) is 0 Å². The molecule has 0 N–H and O–H groups in total. The lowest BCUT2D eigenvalue weighted by Crippen LogP contribution is -2.20. The van der Waals surface area contributed by atoms with E-state index in [0.717, 1.165) is 38.3 Å². The molecular weight excluding hydrogens is 480 g/mol. The lowest BCUT2D eigenvalue weighted by molar-refractivity contribution is 0.802. The number of nitrogens with zero attached hydrogens (tertiary/aromatic N) is 4. The molecule has 0 atom stereocenters. The molecule has 4 aromatic carbocycles. The van der Waals surface area contributed by atoms with Gasteiger partial charge in [-0.25, -0.2) is 4.98 Å². The van der Waals surface area contributed by atoms with Crippen LogP contribution in [0, 0.1) is 6.92 Å². The largest absolute Gasteiger partial charge is 0.340 e. The van der Waals surface area contributed by atoms with Crippen LogP contribution in [-0.4, -0.2) is 20.4 Å². The second-order valence-corrected chi connectivity index (χ2v) is 9.28. The van der Waals surface area contributed by atoms with Crippen molar-refractivity contribution in [1.29, 1.82) is 0 Å². The molecule has 6 heteroatoms. The Morgan fingerprint density at radius 2 is 1.51 bits per heavy atom. The number of aromatic nitrogens is 3. The third kappa shape index (κ3) is 4.13. The average Bonchev–Trinajstić information content (AvgIpc) is 3.20. The molecule has 0 fully saturated rings. The SMILES string of the molecule is Cc1c(C=Nn2c(-c3ccccc3)nc3ccccc3c2=O)c2ccccc2n1Cc1ccccc1Cl. The van der Waals surface area contributed by atoms with Gasteiger partial charge in [0.1, 0.15) is 0 Å². The third-order valence-electron chi connectivity index (χ3n) is 6.65. The molecule has 0 saturated heterocycles. The molecule has 2 heterocycles. The van der Waals surface area contributed by atoms with Crippen LogP contribution in [0.1, 0.15) is 16.8 Å². The van der Waals surface area contributed by atoms with Crippen molar-refractivity contribution in [1.82, 2.24) is 14.2 Å². The van der Waals surface area contributed by atoms with Gasteiger partial charge < -0.3 is 4.57 Å². The van der Waals surface area contributed by atoms with Gasteiger partial charge in [-0.1, -0.05) is 90.5 Å². The van der Waals surface area contributed by atoms with Gasteiger partial charge in [-0.05, 0) is 36.8 Å². The molecule has 0 saturated carbocycles. The smallest absolute Gasteiger partial charge is 0.282 e. The summed E-state index contributed by atoms with van der Waals surface area (Å²) in [5.41, 5.74) is 5.35. The fourth-order valence-corrected chi connectivity index (χ4v) is 4.94. The molecule has 0 spiro atoms. The highest BCUT2D eigenvalue weighted by Gasteiger charge is 2.16. The van der Waals surface area contributed by atoms with Crippen molar-refractivity contribution in [2.45, 2.75) is 13.5 Å². The summed E-state index contributed by atoms with van der Waals surface area (Å²) in [4.78, 5) is 18.4. The summed E-state index contributed by atoms with van der Waals surface area (Å²) in [6.45, 7) is 2.70. The summed E-state index contributed by atoms with van der Waals surface area (Å²) in [5, 5.41) is 7.04. The molecule has 0 amide bonds. The number of hydrogen-bond donors (Lipinski definition) is 0. The van der Waals surface area contributed by atoms with E-state index in [4.69, 9.17) is 21.7 Å². The van der Waals surface area contributed by atoms with Crippen molar-refractivity contribution in [3.05, 3.63) is 135 Å². The van der Waals surface area contributed by atoms with Gasteiger partial charge in [0.2, 0.25) is 0 Å². The van der Waals surface area contributed by atoms with Crippen LogP contribution < -0.4 is 5.56 Å². The quantitative estimate of drug-likeness (QED) is 0.240. The fraction of sp³-hybridized carbons (Fsp3) is 0.0645. The zero-order valence-electron chi connectivity index (χ0n) is 20.2. The Morgan fingerprint density at radius 3 is 2.32 bits per heavy atom. The highest BCUT2D eigenvalue weighted by Crippen LogP contribution is 2.27. The Bertz CT molecular complexity index is 1850. The molecule has 0 bridgehead atoms. The molecule has 0 radical (unpaired) electrons. The first kappa shape index (κ1) is 23.0. The molecule has 6 rings (SSSR count). The van der Waals surface area contributed by atoms with E-state index in [1.807, 2.05) is 84.9 Å². The number of benzene rings is 4. The highest BCUT2D eigenvalue weighted by atomic mass is 35.5. The van der Waals surface area contributed by atoms with Crippen molar-refractivity contribution < 1.29 is 0 Å². The zero-order valence-corrected chi connectivity index (χ0v) is 20.9. The molecule has 37 heavy (non-hydrogen) atoms. The summed E-state index contributed by atoms with van der Waals surface area (Å²) in [7, 11) is 0. The Morgan fingerprint density at radius 1 is 0.838 bits per heavy atom. The molecule has 0 aliphatic rings. The molecule has 180 valence electrons. The van der Waals surface area contributed by atoms with Crippen LogP contribution in [0.2, 0.25) is 5.02 Å². The van der Waals surface area contributed by atoms with Crippen LogP contribution in [0.25, 0.3) is 33.2 Å². The molecule has 2 aromatic heterocycles. The summed E-state index contributed by atoms with van der Waals surface area (Å²) in [6.07, 6.45) is 1.77. The maximum Gasteiger partial charge on any atom is 0.282 e. The second kappa shape index (κ2) is 9.52. The Labute approximate surface area is 218 Å². The lowest BCUT2D eigenvalue weighted by Gasteiger charge is -2.10. The van der Waals surface area contributed by atoms with Crippen molar-refractivity contribution in [2.75, 3.05) is 0 Å². The standard InChI is InChI=1S/C31H23ClN4O/c1-21-26(24-14-7-10-18-29(24)35(21)20-23-13-5-8-16-27(23)32)19-33-36-30(22-11-3-2-4-12-22)34-28-17-9-6-15-25(28)31(36)37/h2-19H,20H2,1H3. The van der Waals surface area contributed by atoms with Gasteiger partial charge in [-0.2, -0.15) is 9.78 Å². The number of hydrogen-bond acceptors (Lipinski definition) is 3. The Kier molecular flexibility index (Phi) is 5.91. The summed E-state index contributed by atoms with van der Waals surface area (Å²) in [6, 6.07) is 33.1. The van der Waals surface area contributed by atoms with Crippen LogP contribution in [-0.2, 0) is 6.54 Å². The van der Waals surface area contributed by atoms with E-state index in [2.05, 4.69) is 23.6 Å². The van der Waals surface area contributed by atoms with Gasteiger partial charge in [0.15, 0.2) is 5.82 Å². The van der Waals surface area contributed by atoms with Crippen LogP contribution in [0.4, 0.5) is 0 Å². The van der Waals surface area contributed by atoms with Gasteiger partial charge in [0.25, 0.3) is 5.56 Å². The lowest BCUT2D eigenvalue weighted by atomic mass is 10.1. The zero-order chi connectivity index (χ0) is 25.4. The normalized spacial score (nSPS) is 11.6. The topological polar surface area (TPSA) is 52.2 Å². The van der Waals surface area contributed by atoms with Gasteiger partial charge in [0, 0.05) is 39.3 Å². The monoisotopic (exact) mass is 502 g/mol. The predicted octanol–water partition coefficient (Wildman–Crippen LogP) is 6.91. The first-order valence-electron chi connectivity index (χ1n) is 12.0. The third-order valence-corrected chi connectivity index (χ3v) is 7.02. The van der Waals surface area contributed by atoms with Crippen LogP contribution in [0.15, 0.2) is 113 Å². The van der Waals surface area contributed by atoms with Crippen LogP contribution in [0.3, 0.4) is 0 Å². The molecular formula is C31H23ClN4O. The minimum absolute atomic E-state index is 0.210. The first-order chi connectivity index (χ1) is 18.1. The maximum absolute atomic E-state index is 13.6.